The largest absolute Gasteiger partial charge is 0.487 e. The number of rotatable bonds is 4. The first kappa shape index (κ1) is 13.2. The van der Waals surface area contributed by atoms with E-state index in [0.29, 0.717) is 23.2 Å². The van der Waals surface area contributed by atoms with E-state index in [1.54, 1.807) is 30.7 Å². The highest BCUT2D eigenvalue weighted by atomic mass is 16.5. The maximum absolute atomic E-state index is 12.3. The van der Waals surface area contributed by atoms with Gasteiger partial charge in [-0.1, -0.05) is 0 Å². The zero-order valence-corrected chi connectivity index (χ0v) is 11.5. The minimum Gasteiger partial charge on any atom is -0.487 e. The van der Waals surface area contributed by atoms with Crippen molar-refractivity contribution in [3.05, 3.63) is 59.7 Å². The van der Waals surface area contributed by atoms with Crippen LogP contribution in [0.4, 0.5) is 0 Å². The molecule has 1 unspecified atom stereocenters. The number of pyridine rings is 2. The summed E-state index contributed by atoms with van der Waals surface area (Å²) in [6, 6.07) is 5.35. The average Bonchev–Trinajstić information content (AvgIpc) is 2.51. The number of hydrogen-bond acceptors (Lipinski definition) is 5. The highest BCUT2D eigenvalue weighted by Gasteiger charge is 2.09. The van der Waals surface area contributed by atoms with Gasteiger partial charge in [0.15, 0.2) is 0 Å². The van der Waals surface area contributed by atoms with Crippen molar-refractivity contribution < 1.29 is 4.74 Å². The summed E-state index contributed by atoms with van der Waals surface area (Å²) >= 11 is 0. The summed E-state index contributed by atoms with van der Waals surface area (Å²) < 4.78 is 7.25. The van der Waals surface area contributed by atoms with E-state index in [4.69, 9.17) is 4.74 Å². The molecule has 6 nitrogen and oxygen atoms in total. The molecule has 0 spiro atoms. The lowest BCUT2D eigenvalue weighted by molar-refractivity contribution is 0.197. The number of hydrogen-bond donors (Lipinski definition) is 0. The Morgan fingerprint density at radius 3 is 2.90 bits per heavy atom. The van der Waals surface area contributed by atoms with Crippen LogP contribution < -0.4 is 10.3 Å². The minimum absolute atomic E-state index is 0.116. The fourth-order valence-electron chi connectivity index (χ4n) is 2.10. The maximum Gasteiger partial charge on any atom is 0.262 e. The van der Waals surface area contributed by atoms with Crippen molar-refractivity contribution in [2.45, 2.75) is 19.6 Å². The van der Waals surface area contributed by atoms with Crippen LogP contribution in [0.5, 0.6) is 5.75 Å². The molecule has 6 heteroatoms. The Morgan fingerprint density at radius 1 is 1.24 bits per heavy atom. The molecule has 21 heavy (non-hydrogen) atoms. The second-order valence-corrected chi connectivity index (χ2v) is 4.71. The van der Waals surface area contributed by atoms with Crippen molar-refractivity contribution in [3.63, 3.8) is 0 Å². The van der Waals surface area contributed by atoms with Crippen molar-refractivity contribution in [3.8, 4) is 5.75 Å². The van der Waals surface area contributed by atoms with Crippen LogP contribution in [0.1, 0.15) is 6.92 Å². The van der Waals surface area contributed by atoms with Crippen molar-refractivity contribution in [1.29, 1.82) is 0 Å². The third-order valence-corrected chi connectivity index (χ3v) is 3.05. The SMILES string of the molecule is CC(Cn1cnc2ccncc2c1=O)Oc1cccnc1. The lowest BCUT2D eigenvalue weighted by atomic mass is 10.3. The van der Waals surface area contributed by atoms with Crippen molar-refractivity contribution in [2.75, 3.05) is 0 Å². The van der Waals surface area contributed by atoms with Gasteiger partial charge in [-0.15, -0.1) is 0 Å². The van der Waals surface area contributed by atoms with Gasteiger partial charge in [-0.05, 0) is 25.1 Å². The number of ether oxygens (including phenoxy) is 1. The molecule has 3 aromatic heterocycles. The third kappa shape index (κ3) is 2.89. The molecule has 1 atom stereocenters. The lowest BCUT2D eigenvalue weighted by Gasteiger charge is -2.15. The Bertz CT molecular complexity index is 801. The Balaban J connectivity index is 1.82. The summed E-state index contributed by atoms with van der Waals surface area (Å²) in [7, 11) is 0. The summed E-state index contributed by atoms with van der Waals surface area (Å²) in [6.07, 6.45) is 7.83. The number of fused-ring (bicyclic) bond motifs is 1. The molecular weight excluding hydrogens is 268 g/mol. The van der Waals surface area contributed by atoms with E-state index in [1.807, 2.05) is 13.0 Å². The van der Waals surface area contributed by atoms with Crippen LogP contribution in [0.15, 0.2) is 54.1 Å². The lowest BCUT2D eigenvalue weighted by Crippen LogP contribution is -2.28. The van der Waals surface area contributed by atoms with Crippen LogP contribution >= 0.6 is 0 Å². The Hall–Kier alpha value is -2.76. The predicted molar refractivity (Wildman–Crippen MR) is 78.1 cm³/mol. The molecule has 0 aliphatic carbocycles. The van der Waals surface area contributed by atoms with Gasteiger partial charge >= 0.3 is 0 Å². The zero-order valence-electron chi connectivity index (χ0n) is 11.5. The van der Waals surface area contributed by atoms with Gasteiger partial charge in [-0.2, -0.15) is 0 Å². The molecule has 0 radical (unpaired) electrons. The van der Waals surface area contributed by atoms with Gasteiger partial charge in [0, 0.05) is 18.6 Å². The van der Waals surface area contributed by atoms with Crippen LogP contribution in [0.2, 0.25) is 0 Å². The first-order valence-corrected chi connectivity index (χ1v) is 6.60. The minimum atomic E-state index is -0.178. The molecule has 0 aliphatic rings. The van der Waals surface area contributed by atoms with Gasteiger partial charge in [-0.25, -0.2) is 4.98 Å². The van der Waals surface area contributed by atoms with Gasteiger partial charge < -0.3 is 4.74 Å². The second kappa shape index (κ2) is 5.70. The Morgan fingerprint density at radius 2 is 2.10 bits per heavy atom. The summed E-state index contributed by atoms with van der Waals surface area (Å²) in [4.78, 5) is 24.5. The fraction of sp³-hybridized carbons (Fsp3) is 0.200. The zero-order chi connectivity index (χ0) is 14.7. The summed E-state index contributed by atoms with van der Waals surface area (Å²) in [5.41, 5.74) is 0.529. The van der Waals surface area contributed by atoms with Crippen LogP contribution in [0.3, 0.4) is 0 Å². The van der Waals surface area contributed by atoms with Crippen LogP contribution in [0.25, 0.3) is 10.9 Å². The molecule has 0 N–H and O–H groups in total. The summed E-state index contributed by atoms with van der Waals surface area (Å²) in [6.45, 7) is 2.30. The maximum atomic E-state index is 12.3. The van der Waals surface area contributed by atoms with Crippen molar-refractivity contribution >= 4 is 10.9 Å². The van der Waals surface area contributed by atoms with E-state index < -0.39 is 0 Å². The molecular formula is C15H14N4O2. The van der Waals surface area contributed by atoms with Gasteiger partial charge in [0.2, 0.25) is 0 Å². The van der Waals surface area contributed by atoms with E-state index in [2.05, 4.69) is 15.0 Å². The molecule has 3 rings (SSSR count). The standard InChI is InChI=1S/C15H14N4O2/c1-11(21-12-3-2-5-16-7-12)9-19-10-18-14-4-6-17-8-13(14)15(19)20/h2-8,10-11H,9H2,1H3. The normalized spacial score (nSPS) is 12.2. The quantitative estimate of drug-likeness (QED) is 0.727. The van der Waals surface area contributed by atoms with E-state index >= 15 is 0 Å². The fourth-order valence-corrected chi connectivity index (χ4v) is 2.10. The highest BCUT2D eigenvalue weighted by Crippen LogP contribution is 2.10. The molecule has 0 saturated carbocycles. The highest BCUT2D eigenvalue weighted by molar-refractivity contribution is 5.75. The van der Waals surface area contributed by atoms with E-state index in [9.17, 15) is 4.79 Å². The molecule has 0 aromatic carbocycles. The van der Waals surface area contributed by atoms with Crippen LogP contribution in [0, 0.1) is 0 Å². The Labute approximate surface area is 121 Å². The van der Waals surface area contributed by atoms with E-state index in [-0.39, 0.29) is 11.7 Å². The molecule has 0 aliphatic heterocycles. The molecule has 0 amide bonds. The van der Waals surface area contributed by atoms with Gasteiger partial charge in [0.05, 0.1) is 30.0 Å². The third-order valence-electron chi connectivity index (χ3n) is 3.05. The first-order chi connectivity index (χ1) is 10.2. The second-order valence-electron chi connectivity index (χ2n) is 4.71. The summed E-state index contributed by atoms with van der Waals surface area (Å²) in [5.74, 6) is 0.675. The van der Waals surface area contributed by atoms with Crippen molar-refractivity contribution in [1.82, 2.24) is 19.5 Å². The van der Waals surface area contributed by atoms with E-state index in [1.165, 1.54) is 17.1 Å². The molecule has 3 heterocycles. The summed E-state index contributed by atoms with van der Waals surface area (Å²) in [5, 5.41) is 0.508. The van der Waals surface area contributed by atoms with Gasteiger partial charge in [-0.3, -0.25) is 19.3 Å². The van der Waals surface area contributed by atoms with Gasteiger partial charge in [0.25, 0.3) is 5.56 Å². The smallest absolute Gasteiger partial charge is 0.262 e. The van der Waals surface area contributed by atoms with Crippen molar-refractivity contribution in [2.24, 2.45) is 0 Å². The Kier molecular flexibility index (Phi) is 3.59. The average molecular weight is 282 g/mol. The topological polar surface area (TPSA) is 69.9 Å². The number of aromatic nitrogens is 4. The van der Waals surface area contributed by atoms with E-state index in [0.717, 1.165) is 0 Å². The number of nitrogens with zero attached hydrogens (tertiary/aromatic N) is 4. The molecule has 3 aromatic rings. The predicted octanol–water partition coefficient (Wildman–Crippen LogP) is 1.65. The van der Waals surface area contributed by atoms with Crippen LogP contribution in [-0.4, -0.2) is 25.6 Å². The first-order valence-electron chi connectivity index (χ1n) is 6.60. The monoisotopic (exact) mass is 282 g/mol. The molecule has 0 bridgehead atoms. The molecule has 0 saturated heterocycles. The molecule has 0 fully saturated rings. The molecule has 106 valence electrons. The van der Waals surface area contributed by atoms with Crippen LogP contribution in [-0.2, 0) is 6.54 Å². The van der Waals surface area contributed by atoms with Gasteiger partial charge in [0.1, 0.15) is 11.9 Å².